The highest BCUT2D eigenvalue weighted by Gasteiger charge is 2.51. The second-order valence-electron chi connectivity index (χ2n) is 11.9. The van der Waals surface area contributed by atoms with Gasteiger partial charge in [0, 0.05) is 11.8 Å². The second-order valence-corrected chi connectivity index (χ2v) is 23.3. The molecule has 0 amide bonds. The van der Waals surface area contributed by atoms with Crippen LogP contribution in [0, 0.1) is 6.92 Å². The lowest BCUT2D eigenvalue weighted by Crippen LogP contribution is -2.60. The quantitative estimate of drug-likeness (QED) is 0.103. The Bertz CT molecular complexity index is 886. The molecule has 0 spiro atoms. The average molecular weight is 559 g/mol. The highest BCUT2D eigenvalue weighted by molar-refractivity contribution is 7.86. The van der Waals surface area contributed by atoms with Gasteiger partial charge in [0.15, 0.2) is 8.32 Å². The summed E-state index contributed by atoms with van der Waals surface area (Å²) in [4.78, 5) is 0.180. The van der Waals surface area contributed by atoms with Gasteiger partial charge < -0.3 is 9.16 Å². The van der Waals surface area contributed by atoms with Gasteiger partial charge in [-0.2, -0.15) is 8.42 Å². The van der Waals surface area contributed by atoms with Crippen LogP contribution in [0.4, 0.5) is 0 Å². The molecule has 5 nitrogen and oxygen atoms in total. The van der Waals surface area contributed by atoms with Crippen LogP contribution in [0.3, 0.4) is 0 Å². The number of ether oxygens (including phenoxy) is 1. The molecule has 0 N–H and O–H groups in total. The molecule has 36 heavy (non-hydrogen) atoms. The van der Waals surface area contributed by atoms with Gasteiger partial charge in [-0.25, -0.2) is 0 Å². The first-order chi connectivity index (χ1) is 16.6. The fourth-order valence-electron chi connectivity index (χ4n) is 4.80. The first-order valence-electron chi connectivity index (χ1n) is 13.8. The van der Waals surface area contributed by atoms with Crippen molar-refractivity contribution in [2.45, 2.75) is 127 Å². The summed E-state index contributed by atoms with van der Waals surface area (Å²) < 4.78 is 42.7. The molecular formula is C28H54O5SSi2. The Hall–Kier alpha value is -0.516. The zero-order chi connectivity index (χ0) is 27.7. The lowest BCUT2D eigenvalue weighted by Gasteiger charge is -2.52. The average Bonchev–Trinajstić information content (AvgIpc) is 2.81. The third kappa shape index (κ3) is 9.05. The minimum Gasteiger partial charge on any atom is -0.414 e. The molecular weight excluding hydrogens is 505 g/mol. The minimum atomic E-state index is -3.74. The fourth-order valence-corrected chi connectivity index (χ4v) is 13.4. The zero-order valence-electron chi connectivity index (χ0n) is 24.8. The van der Waals surface area contributed by atoms with E-state index in [1.54, 1.807) is 24.3 Å². The van der Waals surface area contributed by atoms with Crippen molar-refractivity contribution >= 4 is 26.5 Å². The molecule has 0 saturated heterocycles. The molecule has 1 aromatic rings. The van der Waals surface area contributed by atoms with Crippen LogP contribution < -0.4 is 0 Å². The number of benzene rings is 1. The van der Waals surface area contributed by atoms with Gasteiger partial charge in [0.1, 0.15) is 0 Å². The molecule has 1 rings (SSSR count). The topological polar surface area (TPSA) is 61.8 Å². The van der Waals surface area contributed by atoms with Crippen LogP contribution in [0.15, 0.2) is 29.2 Å². The van der Waals surface area contributed by atoms with Crippen LogP contribution in [0.1, 0.15) is 78.7 Å². The molecule has 0 saturated carbocycles. The lowest BCUT2D eigenvalue weighted by molar-refractivity contribution is 0.0945. The maximum atomic E-state index is 12.3. The highest BCUT2D eigenvalue weighted by atomic mass is 32.2. The Morgan fingerprint density at radius 1 is 0.861 bits per heavy atom. The van der Waals surface area contributed by atoms with Gasteiger partial charge in [-0.05, 0) is 63.4 Å². The molecule has 0 aliphatic carbocycles. The standard InChI is InChI=1S/C28H54O5SSi2/c1-11-14-24-35(7,8)28(6,13-3)33-36(9,10)27(5,12-2)20-15-21-31-22-23-32-34(29,30)26-18-16-25(4)17-19-26/h16-19H,11-15,20-24H2,1-10H3. The van der Waals surface area contributed by atoms with E-state index >= 15 is 0 Å². The number of rotatable bonds is 18. The SMILES string of the molecule is CCCC[Si](C)(C)C(C)(CC)O[Si](C)(C)C(C)(CC)CCCOCCOS(=O)(=O)c1ccc(C)cc1. The molecule has 2 unspecified atom stereocenters. The summed E-state index contributed by atoms with van der Waals surface area (Å²) in [5.41, 5.74) is 1.01. The number of hydrogen-bond acceptors (Lipinski definition) is 5. The molecule has 0 aliphatic heterocycles. The van der Waals surface area contributed by atoms with E-state index in [0.717, 1.165) is 31.2 Å². The van der Waals surface area contributed by atoms with E-state index < -0.39 is 26.5 Å². The van der Waals surface area contributed by atoms with Crippen LogP contribution in [0.5, 0.6) is 0 Å². The largest absolute Gasteiger partial charge is 0.414 e. The van der Waals surface area contributed by atoms with E-state index in [0.29, 0.717) is 6.61 Å². The smallest absolute Gasteiger partial charge is 0.297 e. The van der Waals surface area contributed by atoms with Crippen molar-refractivity contribution in [1.82, 2.24) is 0 Å². The Labute approximate surface area is 225 Å². The molecule has 0 aliphatic rings. The lowest BCUT2D eigenvalue weighted by atomic mass is 10.0. The van der Waals surface area contributed by atoms with Gasteiger partial charge in [0.05, 0.1) is 26.2 Å². The summed E-state index contributed by atoms with van der Waals surface area (Å²) in [6.07, 6.45) is 6.66. The van der Waals surface area contributed by atoms with E-state index in [9.17, 15) is 8.42 Å². The summed E-state index contributed by atoms with van der Waals surface area (Å²) >= 11 is 0. The van der Waals surface area contributed by atoms with Gasteiger partial charge in [-0.15, -0.1) is 0 Å². The van der Waals surface area contributed by atoms with Crippen molar-refractivity contribution in [3.8, 4) is 0 Å². The summed E-state index contributed by atoms with van der Waals surface area (Å²) in [7, 11) is -7.32. The van der Waals surface area contributed by atoms with Crippen LogP contribution in [0.25, 0.3) is 0 Å². The van der Waals surface area contributed by atoms with Crippen LogP contribution in [-0.2, 0) is 23.5 Å². The minimum absolute atomic E-state index is 0.00883. The highest BCUT2D eigenvalue weighted by Crippen LogP contribution is 2.49. The van der Waals surface area contributed by atoms with E-state index in [-0.39, 0.29) is 28.4 Å². The van der Waals surface area contributed by atoms with E-state index in [1.807, 2.05) is 6.92 Å². The molecule has 0 radical (unpaired) electrons. The summed E-state index contributed by atoms with van der Waals surface area (Å²) in [5, 5.41) is 0.137. The number of aryl methyl sites for hydroxylation is 1. The van der Waals surface area contributed by atoms with Crippen molar-refractivity contribution < 1.29 is 21.8 Å². The van der Waals surface area contributed by atoms with Gasteiger partial charge in [-0.1, -0.05) is 83.8 Å². The van der Waals surface area contributed by atoms with Gasteiger partial charge >= 0.3 is 0 Å². The molecule has 210 valence electrons. The van der Waals surface area contributed by atoms with Gasteiger partial charge in [0.25, 0.3) is 10.1 Å². The van der Waals surface area contributed by atoms with Gasteiger partial charge in [0.2, 0.25) is 0 Å². The summed E-state index contributed by atoms with van der Waals surface area (Å²) in [6.45, 7) is 24.3. The third-order valence-corrected chi connectivity index (χ3v) is 19.7. The predicted molar refractivity (Wildman–Crippen MR) is 157 cm³/mol. The second kappa shape index (κ2) is 14.0. The molecule has 2 atom stereocenters. The van der Waals surface area contributed by atoms with Crippen LogP contribution >= 0.6 is 0 Å². The molecule has 0 fully saturated rings. The molecule has 8 heteroatoms. The first-order valence-corrected chi connectivity index (χ1v) is 21.4. The number of hydrogen-bond donors (Lipinski definition) is 0. The Balaban J connectivity index is 2.61. The normalized spacial score (nSPS) is 16.5. The first kappa shape index (κ1) is 33.5. The molecule has 0 bridgehead atoms. The van der Waals surface area contributed by atoms with E-state index in [1.165, 1.54) is 18.9 Å². The Kier molecular flexibility index (Phi) is 13.1. The van der Waals surface area contributed by atoms with Crippen molar-refractivity contribution in [2.75, 3.05) is 19.8 Å². The predicted octanol–water partition coefficient (Wildman–Crippen LogP) is 8.11. The molecule has 0 aromatic heterocycles. The third-order valence-electron chi connectivity index (χ3n) is 8.77. The maximum Gasteiger partial charge on any atom is 0.297 e. The summed E-state index contributed by atoms with van der Waals surface area (Å²) in [6, 6.07) is 7.99. The Morgan fingerprint density at radius 2 is 1.47 bits per heavy atom. The van der Waals surface area contributed by atoms with Crippen molar-refractivity contribution in [3.05, 3.63) is 29.8 Å². The monoisotopic (exact) mass is 558 g/mol. The van der Waals surface area contributed by atoms with Crippen molar-refractivity contribution in [3.63, 3.8) is 0 Å². The molecule has 1 aromatic carbocycles. The number of unbranched alkanes of at least 4 members (excludes halogenated alkanes) is 1. The molecule has 0 heterocycles. The van der Waals surface area contributed by atoms with E-state index in [2.05, 4.69) is 60.8 Å². The summed E-state index contributed by atoms with van der Waals surface area (Å²) in [5.74, 6) is 0. The Morgan fingerprint density at radius 3 is 2.00 bits per heavy atom. The van der Waals surface area contributed by atoms with Crippen LogP contribution in [0.2, 0.25) is 37.3 Å². The maximum absolute atomic E-state index is 12.3. The fraction of sp³-hybridized carbons (Fsp3) is 0.786. The van der Waals surface area contributed by atoms with Crippen molar-refractivity contribution in [1.29, 1.82) is 0 Å². The van der Waals surface area contributed by atoms with Crippen LogP contribution in [-0.4, -0.2) is 49.9 Å². The van der Waals surface area contributed by atoms with Gasteiger partial charge in [-0.3, -0.25) is 4.18 Å². The van der Waals surface area contributed by atoms with E-state index in [4.69, 9.17) is 13.3 Å². The van der Waals surface area contributed by atoms with Crippen molar-refractivity contribution in [2.24, 2.45) is 0 Å². The zero-order valence-corrected chi connectivity index (χ0v) is 27.6.